The van der Waals surface area contributed by atoms with Crippen LogP contribution < -0.4 is 32.3 Å². The number of carbonyl (C=O) groups is 2. The fraction of sp³-hybridized carbons (Fsp3) is 0.111. The third kappa shape index (κ3) is 5.75. The van der Waals surface area contributed by atoms with Crippen molar-refractivity contribution in [3.8, 4) is 20.9 Å². The quantitative estimate of drug-likeness (QED) is 0.219. The summed E-state index contributed by atoms with van der Waals surface area (Å²) in [7, 11) is 0. The van der Waals surface area contributed by atoms with Gasteiger partial charge in [-0.3, -0.25) is 0 Å². The smallest absolute Gasteiger partial charge is 0.323 e. The Morgan fingerprint density at radius 3 is 1.18 bits per heavy atom. The molecule has 0 unspecified atom stereocenters. The second-order valence-electron chi connectivity index (χ2n) is 11.2. The number of ketones is 2. The molecule has 6 aromatic rings. The predicted molar refractivity (Wildman–Crippen MR) is 193 cm³/mol. The highest BCUT2D eigenvalue weighted by Crippen LogP contribution is 2.45. The first kappa shape index (κ1) is 29.7. The summed E-state index contributed by atoms with van der Waals surface area (Å²) in [6.07, 6.45) is 0. The number of hydrogen-bond acceptors (Lipinski definition) is 6. The van der Waals surface area contributed by atoms with Crippen molar-refractivity contribution in [2.75, 3.05) is 10.5 Å². The van der Waals surface area contributed by atoms with E-state index in [4.69, 9.17) is 0 Å². The zero-order valence-electron chi connectivity index (χ0n) is 25.2. The Balaban J connectivity index is 0.000000387. The van der Waals surface area contributed by atoms with Crippen LogP contribution in [-0.2, 0) is 9.59 Å². The van der Waals surface area contributed by atoms with Crippen LogP contribution in [0.1, 0.15) is 27.7 Å². The van der Waals surface area contributed by atoms with Crippen LogP contribution in [0, 0.1) is 0 Å². The van der Waals surface area contributed by atoms with E-state index in [2.05, 4.69) is 120 Å². The van der Waals surface area contributed by atoms with Crippen molar-refractivity contribution in [3.05, 3.63) is 109 Å². The van der Waals surface area contributed by atoms with Crippen LogP contribution in [0.4, 0.5) is 11.4 Å². The largest absolute Gasteiger partial charge is 0.420 e. The van der Waals surface area contributed by atoms with Crippen molar-refractivity contribution in [1.82, 2.24) is 0 Å². The molecule has 216 valence electrons. The normalized spacial score (nSPS) is 12.1. The number of fused-ring (bicyclic) bond motifs is 9. The van der Waals surface area contributed by atoms with E-state index in [1.165, 1.54) is 91.2 Å². The van der Waals surface area contributed by atoms with E-state index in [0.717, 1.165) is 0 Å². The van der Waals surface area contributed by atoms with Crippen LogP contribution >= 0.6 is 22.7 Å². The molecule has 0 bridgehead atoms. The van der Waals surface area contributed by atoms with Gasteiger partial charge in [0, 0.05) is 41.7 Å². The van der Waals surface area contributed by atoms with E-state index >= 15 is 0 Å². The molecule has 0 radical (unpaired) electrons. The zero-order valence-corrected chi connectivity index (χ0v) is 26.8. The lowest BCUT2D eigenvalue weighted by molar-refractivity contribution is -0.115. The summed E-state index contributed by atoms with van der Waals surface area (Å²) in [5.41, 5.74) is 10.5. The van der Waals surface area contributed by atoms with Crippen LogP contribution in [0.2, 0.25) is 0 Å². The van der Waals surface area contributed by atoms with Crippen LogP contribution in [-0.4, -0.2) is 25.3 Å². The Labute approximate surface area is 267 Å². The molecule has 0 spiro atoms. The molecule has 4 aromatic carbocycles. The van der Waals surface area contributed by atoms with Crippen LogP contribution in [0.15, 0.2) is 109 Å². The fourth-order valence-corrected chi connectivity index (χ4v) is 8.84. The highest BCUT2D eigenvalue weighted by atomic mass is 32.1. The van der Waals surface area contributed by atoms with Crippen molar-refractivity contribution < 1.29 is 9.59 Å². The van der Waals surface area contributed by atoms with Crippen molar-refractivity contribution in [2.24, 2.45) is 0 Å². The van der Waals surface area contributed by atoms with E-state index in [-0.39, 0.29) is 25.3 Å². The molecule has 0 saturated carbocycles. The van der Waals surface area contributed by atoms with Crippen molar-refractivity contribution in [1.29, 1.82) is 0 Å². The highest BCUT2D eigenvalue weighted by molar-refractivity contribution is 7.37. The molecule has 2 aliphatic heterocycles. The average Bonchev–Trinajstić information content (AvgIpc) is 3.58. The molecule has 0 fully saturated rings. The SMILES string of the molecule is CC(C)=O.CC(C)=O.c1ccc(B2Nc3ccccc3-c3sc4c5c(sc4c32)-c2ccccc2NB5c2ccccc2)cc1. The molecule has 0 saturated heterocycles. The predicted octanol–water partition coefficient (Wildman–Crippen LogP) is 6.55. The number of thiophene rings is 2. The van der Waals surface area contributed by atoms with Crippen LogP contribution in [0.3, 0.4) is 0 Å². The van der Waals surface area contributed by atoms with Gasteiger partial charge in [0.05, 0.1) is 0 Å². The number of carbonyl (C=O) groups excluding carboxylic acids is 2. The van der Waals surface area contributed by atoms with Gasteiger partial charge >= 0.3 is 13.7 Å². The summed E-state index contributed by atoms with van der Waals surface area (Å²) in [4.78, 5) is 21.7. The Morgan fingerprint density at radius 1 is 0.500 bits per heavy atom. The van der Waals surface area contributed by atoms with Gasteiger partial charge in [0.2, 0.25) is 0 Å². The third-order valence-corrected chi connectivity index (χ3v) is 10.1. The number of hydrogen-bond donors (Lipinski definition) is 2. The molecule has 0 atom stereocenters. The molecule has 2 N–H and O–H groups in total. The average molecular weight is 610 g/mol. The number of Topliss-reactive ketones (excluding diaryl/α,β-unsaturated/α-hetero) is 2. The first-order valence-corrected chi connectivity index (χ1v) is 16.3. The van der Waals surface area contributed by atoms with Gasteiger partial charge in [-0.25, -0.2) is 0 Å². The van der Waals surface area contributed by atoms with Crippen LogP contribution in [0.5, 0.6) is 0 Å². The lowest BCUT2D eigenvalue weighted by Gasteiger charge is -2.26. The standard InChI is InChI=1S/C30H20B2N2S2.2C3H6O/c1-3-11-19(12-4-1)31-25-27(21-15-7-9-17-23(21)33-31)35-30-26-28(36-29(25)30)22-16-8-10-18-24(22)34-32(26)20-13-5-2-6-14-20;2*1-3(2)4/h1-18,33-34H;2*1-2H3. The molecule has 0 aliphatic carbocycles. The lowest BCUT2D eigenvalue weighted by atomic mass is 9.47. The topological polar surface area (TPSA) is 58.2 Å². The first-order valence-electron chi connectivity index (χ1n) is 14.7. The summed E-state index contributed by atoms with van der Waals surface area (Å²) in [6, 6.07) is 39.3. The zero-order chi connectivity index (χ0) is 30.8. The first-order chi connectivity index (χ1) is 21.3. The molecule has 4 nitrogen and oxygen atoms in total. The van der Waals surface area contributed by atoms with E-state index < -0.39 is 0 Å². The number of nitrogens with one attached hydrogen (secondary N) is 2. The Hall–Kier alpha value is -4.39. The summed E-state index contributed by atoms with van der Waals surface area (Å²) in [5.74, 6) is 0.333. The molecule has 8 rings (SSSR count). The van der Waals surface area contributed by atoms with Crippen molar-refractivity contribution >= 4 is 90.6 Å². The molecule has 44 heavy (non-hydrogen) atoms. The van der Waals surface area contributed by atoms with Crippen LogP contribution in [0.25, 0.3) is 30.3 Å². The maximum Gasteiger partial charge on any atom is 0.323 e. The van der Waals surface area contributed by atoms with Gasteiger partial charge < -0.3 is 20.0 Å². The summed E-state index contributed by atoms with van der Waals surface area (Å²) in [5, 5.41) is 7.78. The van der Waals surface area contributed by atoms with Crippen molar-refractivity contribution in [3.63, 3.8) is 0 Å². The van der Waals surface area contributed by atoms with Gasteiger partial charge in [-0.15, -0.1) is 22.7 Å². The molecule has 2 aliphatic rings. The number of anilines is 2. The monoisotopic (exact) mass is 610 g/mol. The van der Waals surface area contributed by atoms with E-state index in [1.54, 1.807) is 0 Å². The van der Waals surface area contributed by atoms with E-state index in [1.807, 2.05) is 22.7 Å². The summed E-state index contributed by atoms with van der Waals surface area (Å²) >= 11 is 3.93. The Morgan fingerprint density at radius 2 is 0.818 bits per heavy atom. The molecule has 0 amide bonds. The number of para-hydroxylation sites is 2. The Kier molecular flexibility index (Phi) is 8.56. The minimum atomic E-state index is 0.128. The minimum absolute atomic E-state index is 0.128. The summed E-state index contributed by atoms with van der Waals surface area (Å²) < 4.78 is 2.82. The van der Waals surface area contributed by atoms with Gasteiger partial charge in [-0.05, 0) is 50.8 Å². The minimum Gasteiger partial charge on any atom is -0.420 e. The second kappa shape index (κ2) is 12.7. The maximum atomic E-state index is 9.44. The molecule has 4 heterocycles. The lowest BCUT2D eigenvalue weighted by Crippen LogP contribution is -2.51. The highest BCUT2D eigenvalue weighted by Gasteiger charge is 2.39. The van der Waals surface area contributed by atoms with Gasteiger partial charge in [0.1, 0.15) is 11.6 Å². The molecule has 8 heteroatoms. The number of rotatable bonds is 2. The van der Waals surface area contributed by atoms with Gasteiger partial charge in [0.15, 0.2) is 0 Å². The van der Waals surface area contributed by atoms with Crippen molar-refractivity contribution in [2.45, 2.75) is 27.7 Å². The van der Waals surface area contributed by atoms with Gasteiger partial charge in [-0.1, -0.05) is 108 Å². The third-order valence-electron chi connectivity index (χ3n) is 7.38. The van der Waals surface area contributed by atoms with E-state index in [9.17, 15) is 9.59 Å². The van der Waals surface area contributed by atoms with Gasteiger partial charge in [-0.2, -0.15) is 0 Å². The number of benzene rings is 4. The second-order valence-corrected chi connectivity index (χ2v) is 13.3. The fourth-order valence-electron chi connectivity index (χ4n) is 5.75. The molecule has 2 aromatic heterocycles. The van der Waals surface area contributed by atoms with Gasteiger partial charge in [0.25, 0.3) is 0 Å². The molecular formula is C36H32B2N2O2S2. The summed E-state index contributed by atoms with van der Waals surface area (Å²) in [6.45, 7) is 6.37. The Bertz CT molecular complexity index is 1820. The van der Waals surface area contributed by atoms with E-state index in [0.29, 0.717) is 0 Å². The maximum absolute atomic E-state index is 9.44. The molecular weight excluding hydrogens is 578 g/mol.